The molecule has 3 nitrogen and oxygen atoms in total. The number of ketones is 1. The second kappa shape index (κ2) is 7.34. The van der Waals surface area contributed by atoms with Crippen molar-refractivity contribution in [3.8, 4) is 0 Å². The number of ether oxygens (including phenoxy) is 1. The molecule has 0 N–H and O–H groups in total. The van der Waals surface area contributed by atoms with E-state index in [9.17, 15) is 9.59 Å². The van der Waals surface area contributed by atoms with E-state index in [-0.39, 0.29) is 34.1 Å². The van der Waals surface area contributed by atoms with Crippen LogP contribution in [0.4, 0.5) is 0 Å². The molecule has 192 valence electrons. The number of fused-ring (bicyclic) bond motifs is 7. The normalized spacial score (nSPS) is 54.2. The highest BCUT2D eigenvalue weighted by molar-refractivity contribution is 5.84. The predicted molar refractivity (Wildman–Crippen MR) is 136 cm³/mol. The Balaban J connectivity index is 1.62. The minimum atomic E-state index is -0.428. The van der Waals surface area contributed by atoms with Crippen molar-refractivity contribution in [1.29, 1.82) is 0 Å². The maximum Gasteiger partial charge on any atom is 0.312 e. The molecule has 0 saturated heterocycles. The molecule has 5 fully saturated rings. The van der Waals surface area contributed by atoms with E-state index < -0.39 is 5.41 Å². The van der Waals surface area contributed by atoms with E-state index in [0.29, 0.717) is 29.0 Å². The van der Waals surface area contributed by atoms with Crippen LogP contribution in [0.3, 0.4) is 0 Å². The van der Waals surface area contributed by atoms with Gasteiger partial charge in [0.2, 0.25) is 0 Å². The summed E-state index contributed by atoms with van der Waals surface area (Å²) < 4.78 is 5.70. The van der Waals surface area contributed by atoms with E-state index in [4.69, 9.17) is 4.74 Å². The van der Waals surface area contributed by atoms with Gasteiger partial charge >= 0.3 is 5.97 Å². The van der Waals surface area contributed by atoms with Crippen molar-refractivity contribution >= 4 is 11.8 Å². The number of rotatable bonds is 1. The number of carbonyl (C=O) groups excluding carboxylic acids is 2. The lowest BCUT2D eigenvalue weighted by molar-refractivity contribution is -0.262. The molecule has 5 aliphatic carbocycles. The molecule has 0 aromatic heterocycles. The van der Waals surface area contributed by atoms with Gasteiger partial charge in [-0.15, -0.1) is 0 Å². The fraction of sp³-hybridized carbons (Fsp3) is 0.935. The van der Waals surface area contributed by atoms with Crippen LogP contribution in [-0.4, -0.2) is 18.9 Å². The number of methoxy groups -OCH3 is 1. The Morgan fingerprint density at radius 3 is 2.09 bits per heavy atom. The third kappa shape index (κ3) is 2.88. The molecule has 0 heterocycles. The summed E-state index contributed by atoms with van der Waals surface area (Å²) in [6, 6.07) is 0. The molecule has 3 heteroatoms. The molecule has 5 saturated carbocycles. The van der Waals surface area contributed by atoms with Crippen LogP contribution in [0, 0.1) is 56.2 Å². The van der Waals surface area contributed by atoms with E-state index in [1.165, 1.54) is 32.1 Å². The zero-order chi connectivity index (χ0) is 24.9. The van der Waals surface area contributed by atoms with Crippen LogP contribution >= 0.6 is 0 Å². The van der Waals surface area contributed by atoms with Gasteiger partial charge in [0.15, 0.2) is 0 Å². The minimum absolute atomic E-state index is 0.0376. The smallest absolute Gasteiger partial charge is 0.312 e. The van der Waals surface area contributed by atoms with Gasteiger partial charge in [0.25, 0.3) is 0 Å². The summed E-state index contributed by atoms with van der Waals surface area (Å²) in [7, 11) is 1.61. The van der Waals surface area contributed by atoms with E-state index in [0.717, 1.165) is 38.0 Å². The van der Waals surface area contributed by atoms with Gasteiger partial charge in [0, 0.05) is 12.3 Å². The predicted octanol–water partition coefficient (Wildman–Crippen LogP) is 7.61. The average Bonchev–Trinajstić information content (AvgIpc) is 2.78. The number of hydrogen-bond donors (Lipinski definition) is 0. The molecule has 0 radical (unpaired) electrons. The van der Waals surface area contributed by atoms with E-state index >= 15 is 0 Å². The van der Waals surface area contributed by atoms with E-state index in [1.54, 1.807) is 7.11 Å². The summed E-state index contributed by atoms with van der Waals surface area (Å²) >= 11 is 0. The first-order valence-corrected chi connectivity index (χ1v) is 14.3. The van der Waals surface area contributed by atoms with E-state index in [1.807, 2.05) is 0 Å². The quantitative estimate of drug-likeness (QED) is 0.370. The van der Waals surface area contributed by atoms with Crippen LogP contribution in [0.1, 0.15) is 119 Å². The first-order chi connectivity index (χ1) is 15.7. The molecule has 0 aliphatic heterocycles. The Morgan fingerprint density at radius 2 is 1.41 bits per heavy atom. The molecule has 5 aliphatic rings. The van der Waals surface area contributed by atoms with Crippen LogP contribution in [-0.2, 0) is 14.3 Å². The van der Waals surface area contributed by atoms with Crippen molar-refractivity contribution in [3.05, 3.63) is 0 Å². The van der Waals surface area contributed by atoms with Crippen molar-refractivity contribution in [1.82, 2.24) is 0 Å². The maximum atomic E-state index is 14.0. The molecular formula is C31H50O3. The standard InChI is InChI=1S/C31H50O3/c1-20-21(32)9-10-22-28(20,5)12-11-23-29(6)16-15-27(4)14-13-26(2,3)19-24(27)30(29,7)17-18-31(22,23)25(33)34-8/h20,22-24H,9-19H2,1-8H3/t20-,22+,23+,24+,27+,28+,29+,30-,31+/m0/s1. The minimum Gasteiger partial charge on any atom is -0.469 e. The second-order valence-corrected chi connectivity index (χ2v) is 15.3. The van der Waals surface area contributed by atoms with Gasteiger partial charge in [0.1, 0.15) is 5.78 Å². The Kier molecular flexibility index (Phi) is 5.36. The Morgan fingerprint density at radius 1 is 0.794 bits per heavy atom. The van der Waals surface area contributed by atoms with Crippen LogP contribution in [0.25, 0.3) is 0 Å². The fourth-order valence-corrected chi connectivity index (χ4v) is 11.2. The summed E-state index contributed by atoms with van der Waals surface area (Å²) in [5, 5.41) is 0. The molecule has 5 rings (SSSR count). The number of hydrogen-bond acceptors (Lipinski definition) is 3. The fourth-order valence-electron chi connectivity index (χ4n) is 11.2. The number of esters is 1. The zero-order valence-electron chi connectivity index (χ0n) is 23.3. The topological polar surface area (TPSA) is 43.4 Å². The van der Waals surface area contributed by atoms with Crippen molar-refractivity contribution in [2.45, 2.75) is 119 Å². The first kappa shape index (κ1) is 24.8. The highest BCUT2D eigenvalue weighted by Crippen LogP contribution is 2.78. The molecule has 0 bridgehead atoms. The summed E-state index contributed by atoms with van der Waals surface area (Å²) in [5.74, 6) is 1.83. The lowest BCUT2D eigenvalue weighted by Gasteiger charge is -2.74. The van der Waals surface area contributed by atoms with Gasteiger partial charge in [-0.25, -0.2) is 0 Å². The van der Waals surface area contributed by atoms with Gasteiger partial charge in [0.05, 0.1) is 12.5 Å². The van der Waals surface area contributed by atoms with E-state index in [2.05, 4.69) is 48.5 Å². The Bertz CT molecular complexity index is 891. The second-order valence-electron chi connectivity index (χ2n) is 15.3. The highest BCUT2D eigenvalue weighted by Gasteiger charge is 2.74. The molecule has 34 heavy (non-hydrogen) atoms. The Hall–Kier alpha value is -0.860. The van der Waals surface area contributed by atoms with Crippen molar-refractivity contribution < 1.29 is 14.3 Å². The molecule has 0 aromatic rings. The zero-order valence-corrected chi connectivity index (χ0v) is 23.3. The van der Waals surface area contributed by atoms with Gasteiger partial charge < -0.3 is 4.74 Å². The molecule has 0 unspecified atom stereocenters. The van der Waals surface area contributed by atoms with Gasteiger partial charge in [-0.3, -0.25) is 9.59 Å². The molecule has 9 atom stereocenters. The van der Waals surface area contributed by atoms with Crippen LogP contribution < -0.4 is 0 Å². The SMILES string of the molecule is COC(=O)[C@@]12CC[C@@]3(C)[C@@H]4CC(C)(C)CC[C@]4(C)CC[C@]3(C)[C@H]1CC[C@@]1(C)[C@H]2CCC(=O)[C@@H]1C. The molecule has 0 aromatic carbocycles. The maximum absolute atomic E-state index is 14.0. The van der Waals surface area contributed by atoms with Crippen LogP contribution in [0.15, 0.2) is 0 Å². The summed E-state index contributed by atoms with van der Waals surface area (Å²) in [4.78, 5) is 26.8. The largest absolute Gasteiger partial charge is 0.469 e. The van der Waals surface area contributed by atoms with Gasteiger partial charge in [-0.2, -0.15) is 0 Å². The third-order valence-corrected chi connectivity index (χ3v) is 13.8. The highest BCUT2D eigenvalue weighted by atomic mass is 16.5. The van der Waals surface area contributed by atoms with Crippen LogP contribution in [0.2, 0.25) is 0 Å². The lowest BCUT2D eigenvalue weighted by atomic mass is 9.30. The summed E-state index contributed by atoms with van der Waals surface area (Å²) in [5.41, 5.74) is 0.729. The Labute approximate surface area is 208 Å². The monoisotopic (exact) mass is 470 g/mol. The summed E-state index contributed by atoms with van der Waals surface area (Å²) in [6.45, 7) is 17.2. The summed E-state index contributed by atoms with van der Waals surface area (Å²) in [6.07, 6.45) is 12.3. The van der Waals surface area contributed by atoms with Gasteiger partial charge in [-0.05, 0) is 109 Å². The first-order valence-electron chi connectivity index (χ1n) is 14.3. The number of Topliss-reactive ketones (excluding diaryl/α,β-unsaturated/α-hetero) is 1. The lowest BCUT2D eigenvalue weighted by Crippen LogP contribution is -2.70. The third-order valence-electron chi connectivity index (χ3n) is 13.8. The number of carbonyl (C=O) groups is 2. The van der Waals surface area contributed by atoms with Crippen molar-refractivity contribution in [2.24, 2.45) is 56.2 Å². The molecule has 0 spiro atoms. The average molecular weight is 471 g/mol. The van der Waals surface area contributed by atoms with Crippen molar-refractivity contribution in [2.75, 3.05) is 7.11 Å². The molecule has 0 amide bonds. The molecular weight excluding hydrogens is 420 g/mol. The van der Waals surface area contributed by atoms with Crippen LogP contribution in [0.5, 0.6) is 0 Å². The van der Waals surface area contributed by atoms with Crippen molar-refractivity contribution in [3.63, 3.8) is 0 Å². The van der Waals surface area contributed by atoms with Gasteiger partial charge in [-0.1, -0.05) is 48.5 Å².